The van der Waals surface area contributed by atoms with Crippen molar-refractivity contribution >= 4 is 23.5 Å². The number of methoxy groups -OCH3 is 1. The molecule has 2 N–H and O–H groups in total. The van der Waals surface area contributed by atoms with Gasteiger partial charge in [0.15, 0.2) is 0 Å². The van der Waals surface area contributed by atoms with Gasteiger partial charge >= 0.3 is 5.97 Å². The van der Waals surface area contributed by atoms with Crippen LogP contribution in [-0.4, -0.2) is 54.6 Å². The van der Waals surface area contributed by atoms with Crippen LogP contribution in [0.25, 0.3) is 0 Å². The first kappa shape index (κ1) is 21.0. The summed E-state index contributed by atoms with van der Waals surface area (Å²) in [5.41, 5.74) is 1.09. The number of nitrogens with zero attached hydrogens (tertiary/aromatic N) is 1. The Balaban J connectivity index is 2.26. The van der Waals surface area contributed by atoms with Crippen LogP contribution in [0.15, 0.2) is 42.5 Å². The molecule has 2 rings (SSSR count). The number of aryl methyl sites for hydroxylation is 1. The highest BCUT2D eigenvalue weighted by Gasteiger charge is 2.20. The van der Waals surface area contributed by atoms with Crippen LogP contribution in [0, 0.1) is 12.7 Å². The second kappa shape index (κ2) is 9.61. The van der Waals surface area contributed by atoms with E-state index in [2.05, 4.69) is 5.32 Å². The van der Waals surface area contributed by atoms with Gasteiger partial charge in [-0.1, -0.05) is 18.2 Å². The predicted molar refractivity (Wildman–Crippen MR) is 101 cm³/mol. The van der Waals surface area contributed by atoms with E-state index in [4.69, 9.17) is 9.84 Å². The first-order valence-electron chi connectivity index (χ1n) is 8.50. The molecule has 0 spiro atoms. The fourth-order valence-electron chi connectivity index (χ4n) is 2.52. The van der Waals surface area contributed by atoms with Gasteiger partial charge in [0.05, 0.1) is 12.2 Å². The van der Waals surface area contributed by atoms with Crippen molar-refractivity contribution in [1.82, 2.24) is 4.90 Å². The Kier molecular flexibility index (Phi) is 7.22. The van der Waals surface area contributed by atoms with Gasteiger partial charge in [0.25, 0.3) is 11.8 Å². The number of nitrogens with one attached hydrogen (secondary N) is 1. The van der Waals surface area contributed by atoms with E-state index in [1.165, 1.54) is 37.4 Å². The van der Waals surface area contributed by atoms with Crippen LogP contribution in [0.4, 0.5) is 10.1 Å². The van der Waals surface area contributed by atoms with Crippen molar-refractivity contribution in [1.29, 1.82) is 0 Å². The number of amides is 2. The van der Waals surface area contributed by atoms with Gasteiger partial charge in [-0.15, -0.1) is 0 Å². The van der Waals surface area contributed by atoms with E-state index in [0.29, 0.717) is 11.3 Å². The molecule has 0 aliphatic rings. The molecule has 0 atom stereocenters. The molecule has 2 aromatic carbocycles. The molecule has 28 heavy (non-hydrogen) atoms. The molecule has 0 bridgehead atoms. The molecule has 8 heteroatoms. The number of carboxylic acid groups (broad SMARTS) is 1. The highest BCUT2D eigenvalue weighted by Crippen LogP contribution is 2.20. The second-order valence-electron chi connectivity index (χ2n) is 6.08. The molecule has 0 saturated heterocycles. The van der Waals surface area contributed by atoms with Crippen molar-refractivity contribution in [3.8, 4) is 0 Å². The Labute approximate surface area is 161 Å². The third kappa shape index (κ3) is 5.37. The molecular weight excluding hydrogens is 367 g/mol. The third-order valence-electron chi connectivity index (χ3n) is 4.03. The van der Waals surface area contributed by atoms with Crippen molar-refractivity contribution < 1.29 is 28.6 Å². The zero-order chi connectivity index (χ0) is 20.7. The molecule has 7 nitrogen and oxygen atoms in total. The monoisotopic (exact) mass is 388 g/mol. The van der Waals surface area contributed by atoms with Gasteiger partial charge in [-0.2, -0.15) is 0 Å². The molecule has 0 unspecified atom stereocenters. The van der Waals surface area contributed by atoms with E-state index in [0.717, 1.165) is 4.90 Å². The number of hydrogen-bond donors (Lipinski definition) is 2. The molecule has 0 aliphatic carbocycles. The summed E-state index contributed by atoms with van der Waals surface area (Å²) in [6.45, 7) is 1.53. The van der Waals surface area contributed by atoms with Crippen molar-refractivity contribution in [2.75, 3.05) is 32.1 Å². The van der Waals surface area contributed by atoms with Gasteiger partial charge in [-0.25, -0.2) is 4.39 Å². The number of rotatable bonds is 8. The molecule has 148 valence electrons. The number of anilines is 1. The minimum Gasteiger partial charge on any atom is -0.480 e. The Bertz CT molecular complexity index is 885. The number of carboxylic acids is 1. The first-order chi connectivity index (χ1) is 13.3. The van der Waals surface area contributed by atoms with Crippen LogP contribution in [0.5, 0.6) is 0 Å². The molecule has 2 amide bonds. The van der Waals surface area contributed by atoms with Gasteiger partial charge in [-0.05, 0) is 36.8 Å². The van der Waals surface area contributed by atoms with E-state index in [1.807, 2.05) is 0 Å². The lowest BCUT2D eigenvalue weighted by atomic mass is 10.1. The molecule has 2 aromatic rings. The lowest BCUT2D eigenvalue weighted by Gasteiger charge is -2.21. The Morgan fingerprint density at radius 1 is 1.18 bits per heavy atom. The largest absolute Gasteiger partial charge is 0.480 e. The highest BCUT2D eigenvalue weighted by atomic mass is 19.1. The van der Waals surface area contributed by atoms with Crippen LogP contribution in [0.2, 0.25) is 0 Å². The third-order valence-corrected chi connectivity index (χ3v) is 4.03. The summed E-state index contributed by atoms with van der Waals surface area (Å²) in [5, 5.41) is 11.6. The fourth-order valence-corrected chi connectivity index (χ4v) is 2.52. The molecule has 0 aromatic heterocycles. The maximum Gasteiger partial charge on any atom is 0.323 e. The number of hydrogen-bond acceptors (Lipinski definition) is 4. The number of carbonyl (C=O) groups is 3. The van der Waals surface area contributed by atoms with Gasteiger partial charge in [0.1, 0.15) is 12.4 Å². The predicted octanol–water partition coefficient (Wildman–Crippen LogP) is 2.56. The minimum atomic E-state index is -1.15. The van der Waals surface area contributed by atoms with Crippen LogP contribution in [-0.2, 0) is 9.53 Å². The molecule has 0 heterocycles. The number of halogens is 1. The first-order valence-corrected chi connectivity index (χ1v) is 8.50. The summed E-state index contributed by atoms with van der Waals surface area (Å²) >= 11 is 0. The highest BCUT2D eigenvalue weighted by molar-refractivity contribution is 6.05. The minimum absolute atomic E-state index is 0.104. The van der Waals surface area contributed by atoms with Crippen molar-refractivity contribution in [3.05, 3.63) is 65.0 Å². The van der Waals surface area contributed by atoms with Gasteiger partial charge in [0, 0.05) is 24.9 Å². The average molecular weight is 388 g/mol. The van der Waals surface area contributed by atoms with E-state index in [1.54, 1.807) is 19.1 Å². The second-order valence-corrected chi connectivity index (χ2v) is 6.08. The van der Waals surface area contributed by atoms with E-state index < -0.39 is 30.1 Å². The maximum absolute atomic E-state index is 13.8. The van der Waals surface area contributed by atoms with Crippen LogP contribution < -0.4 is 5.32 Å². The molecule has 0 saturated carbocycles. The summed E-state index contributed by atoms with van der Waals surface area (Å²) in [5.74, 6) is -2.96. The zero-order valence-electron chi connectivity index (χ0n) is 15.6. The fraction of sp³-hybridized carbons (Fsp3) is 0.250. The van der Waals surface area contributed by atoms with Crippen molar-refractivity contribution in [2.45, 2.75) is 6.92 Å². The summed E-state index contributed by atoms with van der Waals surface area (Å²) in [6.07, 6.45) is 0. The van der Waals surface area contributed by atoms with Gasteiger partial charge in [0.2, 0.25) is 0 Å². The van der Waals surface area contributed by atoms with Crippen LogP contribution in [0.3, 0.4) is 0 Å². The van der Waals surface area contributed by atoms with Crippen molar-refractivity contribution in [3.63, 3.8) is 0 Å². The number of carbonyl (C=O) groups excluding carboxylic acids is 2. The number of ether oxygens (including phenoxy) is 1. The molecule has 0 radical (unpaired) electrons. The van der Waals surface area contributed by atoms with Crippen molar-refractivity contribution in [2.24, 2.45) is 0 Å². The lowest BCUT2D eigenvalue weighted by Crippen LogP contribution is -2.38. The van der Waals surface area contributed by atoms with Gasteiger partial charge < -0.3 is 20.1 Å². The molecule has 0 aliphatic heterocycles. The summed E-state index contributed by atoms with van der Waals surface area (Å²) < 4.78 is 18.7. The average Bonchev–Trinajstić information content (AvgIpc) is 2.66. The Morgan fingerprint density at radius 3 is 2.54 bits per heavy atom. The zero-order valence-corrected chi connectivity index (χ0v) is 15.6. The quantitative estimate of drug-likeness (QED) is 0.725. The SMILES string of the molecule is COCCN(CC(=O)O)C(=O)c1ccc(C)c(NC(=O)c2ccccc2F)c1. The number of aliphatic carboxylic acids is 1. The lowest BCUT2D eigenvalue weighted by molar-refractivity contribution is -0.137. The van der Waals surface area contributed by atoms with Gasteiger partial charge in [-0.3, -0.25) is 14.4 Å². The molecular formula is C20H21FN2O5. The van der Waals surface area contributed by atoms with E-state index in [9.17, 15) is 18.8 Å². The number of benzene rings is 2. The summed E-state index contributed by atoms with van der Waals surface area (Å²) in [7, 11) is 1.45. The Morgan fingerprint density at radius 2 is 1.89 bits per heavy atom. The normalized spacial score (nSPS) is 10.4. The standard InChI is InChI=1S/C20H21FN2O5/c1-13-7-8-14(20(27)23(9-10-28-2)12-18(24)25)11-17(13)22-19(26)15-5-3-4-6-16(15)21/h3-8,11H,9-10,12H2,1-2H3,(H,22,26)(H,24,25). The Hall–Kier alpha value is -3.26. The smallest absolute Gasteiger partial charge is 0.323 e. The van der Waals surface area contributed by atoms with Crippen LogP contribution in [0.1, 0.15) is 26.3 Å². The topological polar surface area (TPSA) is 95.9 Å². The van der Waals surface area contributed by atoms with Crippen LogP contribution >= 0.6 is 0 Å². The van der Waals surface area contributed by atoms with E-state index in [-0.39, 0.29) is 24.3 Å². The summed E-state index contributed by atoms with van der Waals surface area (Å²) in [4.78, 5) is 37.2. The van der Waals surface area contributed by atoms with E-state index >= 15 is 0 Å². The maximum atomic E-state index is 13.8. The summed E-state index contributed by atoms with van der Waals surface area (Å²) in [6, 6.07) is 10.2. The molecule has 0 fully saturated rings.